The largest absolute Gasteiger partial charge is 0.457 e. The molecule has 1 aromatic rings. The topological polar surface area (TPSA) is 96.7 Å². The zero-order valence-corrected chi connectivity index (χ0v) is 22.2. The van der Waals surface area contributed by atoms with Gasteiger partial charge in [-0.25, -0.2) is 4.98 Å². The van der Waals surface area contributed by atoms with Crippen LogP contribution in [0.15, 0.2) is 34.3 Å². The zero-order chi connectivity index (χ0) is 25.6. The summed E-state index contributed by atoms with van der Waals surface area (Å²) in [5.74, 6) is -1.56. The van der Waals surface area contributed by atoms with Gasteiger partial charge in [-0.05, 0) is 57.8 Å². The van der Waals surface area contributed by atoms with Crippen molar-refractivity contribution in [2.24, 2.45) is 11.3 Å². The number of esters is 1. The lowest BCUT2D eigenvalue weighted by Crippen LogP contribution is -2.44. The van der Waals surface area contributed by atoms with Crippen molar-refractivity contribution in [3.63, 3.8) is 0 Å². The fraction of sp³-hybridized carbons (Fsp3) is 0.593. The van der Waals surface area contributed by atoms with Crippen LogP contribution in [-0.2, 0) is 14.3 Å². The number of aromatic nitrogens is 1. The predicted molar refractivity (Wildman–Crippen MR) is 136 cm³/mol. The van der Waals surface area contributed by atoms with Crippen molar-refractivity contribution in [2.45, 2.75) is 92.5 Å². The van der Waals surface area contributed by atoms with Crippen LogP contribution in [0.3, 0.4) is 0 Å². The number of rotatable bonds is 2. The van der Waals surface area contributed by atoms with Crippen LogP contribution in [0.25, 0.3) is 6.08 Å². The molecule has 188 valence electrons. The third-order valence-electron chi connectivity index (χ3n) is 6.66. The monoisotopic (exact) mass is 489 g/mol. The van der Waals surface area contributed by atoms with Crippen molar-refractivity contribution in [1.29, 1.82) is 0 Å². The van der Waals surface area contributed by atoms with E-state index >= 15 is 0 Å². The highest BCUT2D eigenvalue weighted by molar-refractivity contribution is 7.09. The molecule has 0 aliphatic carbocycles. The quantitative estimate of drug-likeness (QED) is 0.439. The Balaban J connectivity index is 2.37. The first-order valence-electron chi connectivity index (χ1n) is 11.9. The zero-order valence-electron chi connectivity index (χ0n) is 21.4. The van der Waals surface area contributed by atoms with Crippen molar-refractivity contribution < 1.29 is 24.5 Å². The molecule has 1 aromatic heterocycles. The minimum Gasteiger partial charge on any atom is -0.457 e. The van der Waals surface area contributed by atoms with Gasteiger partial charge in [-0.1, -0.05) is 38.5 Å². The first-order valence-corrected chi connectivity index (χ1v) is 12.7. The summed E-state index contributed by atoms with van der Waals surface area (Å²) in [6.45, 7) is 12.6. The first kappa shape index (κ1) is 28.1. The molecule has 0 unspecified atom stereocenters. The van der Waals surface area contributed by atoms with Crippen LogP contribution in [-0.4, -0.2) is 45.3 Å². The number of carbonyl (C=O) groups is 2. The van der Waals surface area contributed by atoms with Crippen LogP contribution < -0.4 is 0 Å². The maximum atomic E-state index is 13.1. The highest BCUT2D eigenvalue weighted by Crippen LogP contribution is 2.31. The number of allylic oxidation sites excluding steroid dienone is 2. The van der Waals surface area contributed by atoms with Gasteiger partial charge in [0, 0.05) is 17.7 Å². The molecule has 2 rings (SSSR count). The van der Waals surface area contributed by atoms with Crippen molar-refractivity contribution in [3.05, 3.63) is 45.0 Å². The Bertz CT molecular complexity index is 971. The van der Waals surface area contributed by atoms with Gasteiger partial charge in [-0.3, -0.25) is 9.59 Å². The van der Waals surface area contributed by atoms with Crippen LogP contribution in [0.1, 0.15) is 77.9 Å². The summed E-state index contributed by atoms with van der Waals surface area (Å²) in [5, 5.41) is 24.4. The number of nitrogens with zero attached hydrogens (tertiary/aromatic N) is 1. The summed E-state index contributed by atoms with van der Waals surface area (Å²) in [6, 6.07) is 0. The van der Waals surface area contributed by atoms with E-state index in [4.69, 9.17) is 4.74 Å². The van der Waals surface area contributed by atoms with Crippen LogP contribution in [0, 0.1) is 18.3 Å². The van der Waals surface area contributed by atoms with Crippen molar-refractivity contribution in [3.8, 4) is 0 Å². The Hall–Kier alpha value is -2.09. The third kappa shape index (κ3) is 7.45. The summed E-state index contributed by atoms with van der Waals surface area (Å²) >= 11 is 1.56. The lowest BCUT2D eigenvalue weighted by atomic mass is 9.74. The van der Waals surface area contributed by atoms with Gasteiger partial charge in [0.05, 0.1) is 34.7 Å². The number of aliphatic hydroxyl groups excluding tert-OH is 2. The second-order valence-corrected chi connectivity index (χ2v) is 11.0. The Morgan fingerprint density at radius 3 is 2.50 bits per heavy atom. The molecule has 6 nitrogen and oxygen atoms in total. The van der Waals surface area contributed by atoms with Crippen molar-refractivity contribution >= 4 is 29.2 Å². The number of ketones is 1. The standard InChI is InChI=1S/C27H39NO5S/c1-16-9-8-10-17(2)25(31)19(4)26(32)27(6,7)23(29)14-24(30)33-22(12-11-16)18(3)13-21-15-34-20(5)28-21/h10-11,13,15,19,22-23,25,29,31H,8-9,12,14H2,1-7H3/b16-11-,17-10-,18-13+/t19-,22+,23+,25+/m1/s1. The lowest BCUT2D eigenvalue weighted by Gasteiger charge is -2.33. The Kier molecular flexibility index (Phi) is 9.97. The Morgan fingerprint density at radius 1 is 1.21 bits per heavy atom. The van der Waals surface area contributed by atoms with Crippen molar-refractivity contribution in [1.82, 2.24) is 4.98 Å². The van der Waals surface area contributed by atoms with Gasteiger partial charge in [0.25, 0.3) is 0 Å². The highest BCUT2D eigenvalue weighted by atomic mass is 32.1. The summed E-state index contributed by atoms with van der Waals surface area (Å²) in [4.78, 5) is 30.4. The number of carbonyl (C=O) groups excluding carboxylic acids is 2. The smallest absolute Gasteiger partial charge is 0.309 e. The molecule has 34 heavy (non-hydrogen) atoms. The van der Waals surface area contributed by atoms with Crippen LogP contribution in [0.2, 0.25) is 0 Å². The SMILES string of the molecule is C/C1=C/C[C@@H](/C(C)=C/c2csc(C)n2)OC(=O)C[C@H](O)C(C)(C)C(=O)[C@H](C)[C@@H](O)/C(C)=C\CC1. The van der Waals surface area contributed by atoms with Crippen LogP contribution in [0.5, 0.6) is 0 Å². The van der Waals surface area contributed by atoms with E-state index in [-0.39, 0.29) is 12.2 Å². The number of thiazole rings is 1. The van der Waals surface area contributed by atoms with E-state index < -0.39 is 35.6 Å². The summed E-state index contributed by atoms with van der Waals surface area (Å²) < 4.78 is 5.80. The van der Waals surface area contributed by atoms with E-state index in [9.17, 15) is 19.8 Å². The van der Waals surface area contributed by atoms with Crippen molar-refractivity contribution in [2.75, 3.05) is 0 Å². The Labute approximate surface area is 207 Å². The molecule has 1 aliphatic rings. The maximum absolute atomic E-state index is 13.1. The molecule has 1 aliphatic heterocycles. The summed E-state index contributed by atoms with van der Waals surface area (Å²) in [5.41, 5.74) is 2.35. The molecule has 0 amide bonds. The molecular weight excluding hydrogens is 450 g/mol. The molecule has 0 spiro atoms. The number of hydrogen-bond donors (Lipinski definition) is 2. The third-order valence-corrected chi connectivity index (χ3v) is 7.45. The fourth-order valence-corrected chi connectivity index (χ4v) is 4.64. The number of aryl methyl sites for hydroxylation is 1. The minimum absolute atomic E-state index is 0.289. The number of aliphatic hydroxyl groups is 2. The molecule has 0 radical (unpaired) electrons. The normalized spacial score (nSPS) is 31.3. The molecule has 0 aromatic carbocycles. The van der Waals surface area contributed by atoms with Gasteiger partial charge in [0.15, 0.2) is 0 Å². The van der Waals surface area contributed by atoms with E-state index in [2.05, 4.69) is 11.1 Å². The number of cyclic esters (lactones) is 1. The molecular formula is C27H39NO5S. The molecule has 2 heterocycles. The average Bonchev–Trinajstić information content (AvgIpc) is 3.18. The number of hydrogen-bond acceptors (Lipinski definition) is 7. The number of ether oxygens (including phenoxy) is 1. The molecule has 7 heteroatoms. The van der Waals surface area contributed by atoms with Gasteiger partial charge in [-0.2, -0.15) is 0 Å². The van der Waals surface area contributed by atoms with E-state index in [1.165, 1.54) is 0 Å². The van der Waals surface area contributed by atoms with Gasteiger partial charge in [0.2, 0.25) is 0 Å². The second-order valence-electron chi connectivity index (χ2n) is 9.97. The van der Waals surface area contributed by atoms with E-state index in [0.717, 1.165) is 40.3 Å². The van der Waals surface area contributed by atoms with Gasteiger partial charge in [0.1, 0.15) is 11.9 Å². The highest BCUT2D eigenvalue weighted by Gasteiger charge is 2.41. The predicted octanol–water partition coefficient (Wildman–Crippen LogP) is 5.19. The summed E-state index contributed by atoms with van der Waals surface area (Å²) in [7, 11) is 0. The minimum atomic E-state index is -1.23. The molecule has 4 atom stereocenters. The second kappa shape index (κ2) is 12.0. The van der Waals surface area contributed by atoms with Gasteiger partial charge < -0.3 is 14.9 Å². The summed E-state index contributed by atoms with van der Waals surface area (Å²) in [6.07, 6.45) is 5.01. The maximum Gasteiger partial charge on any atom is 0.309 e. The Morgan fingerprint density at radius 2 is 1.88 bits per heavy atom. The molecule has 0 saturated carbocycles. The fourth-order valence-electron chi connectivity index (χ4n) is 4.07. The van der Waals surface area contributed by atoms with Gasteiger partial charge >= 0.3 is 5.97 Å². The van der Waals surface area contributed by atoms with E-state index in [1.807, 2.05) is 45.2 Å². The van der Waals surface area contributed by atoms with Crippen LogP contribution >= 0.6 is 11.3 Å². The molecule has 0 saturated heterocycles. The van der Waals surface area contributed by atoms with Crippen LogP contribution in [0.4, 0.5) is 0 Å². The van der Waals surface area contributed by atoms with E-state index in [0.29, 0.717) is 6.42 Å². The van der Waals surface area contributed by atoms with E-state index in [1.54, 1.807) is 32.1 Å². The molecule has 0 fully saturated rings. The average molecular weight is 490 g/mol. The first-order chi connectivity index (χ1) is 15.8. The molecule has 2 N–H and O–H groups in total. The number of Topliss-reactive ketones (excluding diaryl/α,β-unsaturated/α-hetero) is 1. The van der Waals surface area contributed by atoms with Gasteiger partial charge in [-0.15, -0.1) is 11.3 Å². The molecule has 0 bridgehead atoms. The lowest BCUT2D eigenvalue weighted by molar-refractivity contribution is -0.153.